The lowest BCUT2D eigenvalue weighted by atomic mass is 10.1. The number of halogens is 4. The third-order valence-electron chi connectivity index (χ3n) is 6.31. The minimum absolute atomic E-state index is 0.155. The molecule has 0 unspecified atom stereocenters. The number of hydrogen-bond donors (Lipinski definition) is 1. The molecule has 0 saturated carbocycles. The van der Waals surface area contributed by atoms with E-state index in [9.17, 15) is 31.2 Å². The van der Waals surface area contributed by atoms with Gasteiger partial charge in [-0.15, -0.1) is 0 Å². The largest absolute Gasteiger partial charge is 0.416 e. The number of nitrogens with zero attached hydrogens (tertiary/aromatic N) is 2. The molecule has 7 nitrogen and oxygen atoms in total. The summed E-state index contributed by atoms with van der Waals surface area (Å²) in [6.45, 7) is 7.50. The highest BCUT2D eigenvalue weighted by molar-refractivity contribution is 7.92. The van der Waals surface area contributed by atoms with E-state index in [0.29, 0.717) is 21.0 Å². The van der Waals surface area contributed by atoms with Crippen LogP contribution in [0.2, 0.25) is 5.02 Å². The highest BCUT2D eigenvalue weighted by atomic mass is 35.5. The molecule has 1 N–H and O–H groups in total. The Hall–Kier alpha value is -3.57. The van der Waals surface area contributed by atoms with Gasteiger partial charge in [0.25, 0.3) is 10.0 Å². The molecule has 12 heteroatoms. The molecule has 0 aromatic heterocycles. The molecule has 0 aliphatic carbocycles. The van der Waals surface area contributed by atoms with Crippen LogP contribution in [0, 0.1) is 6.92 Å². The average molecular weight is 624 g/mol. The predicted octanol–water partition coefficient (Wildman–Crippen LogP) is 6.19. The molecule has 2 amide bonds. The molecule has 0 saturated heterocycles. The quantitative estimate of drug-likeness (QED) is 0.308. The minimum atomic E-state index is -4.75. The summed E-state index contributed by atoms with van der Waals surface area (Å²) in [5.41, 5.74) is -0.815. The Bertz CT molecular complexity index is 1540. The highest BCUT2D eigenvalue weighted by Gasteiger charge is 2.36. The van der Waals surface area contributed by atoms with Crippen molar-refractivity contribution < 1.29 is 31.2 Å². The van der Waals surface area contributed by atoms with E-state index in [1.54, 1.807) is 64.1 Å². The summed E-state index contributed by atoms with van der Waals surface area (Å²) in [7, 11) is -4.53. The number of aryl methyl sites for hydroxylation is 1. The molecular weight excluding hydrogens is 591 g/mol. The summed E-state index contributed by atoms with van der Waals surface area (Å²) in [6.07, 6.45) is -4.75. The van der Waals surface area contributed by atoms with Gasteiger partial charge in [-0.3, -0.25) is 13.9 Å². The lowest BCUT2D eigenvalue weighted by Crippen LogP contribution is -2.54. The van der Waals surface area contributed by atoms with Gasteiger partial charge in [0.05, 0.1) is 16.1 Å². The summed E-state index contributed by atoms with van der Waals surface area (Å²) in [4.78, 5) is 28.0. The summed E-state index contributed by atoms with van der Waals surface area (Å²) < 4.78 is 69.1. The van der Waals surface area contributed by atoms with Gasteiger partial charge in [-0.25, -0.2) is 8.42 Å². The fourth-order valence-electron chi connectivity index (χ4n) is 4.07. The van der Waals surface area contributed by atoms with E-state index in [0.717, 1.165) is 22.6 Å². The van der Waals surface area contributed by atoms with Crippen LogP contribution < -0.4 is 9.62 Å². The Morgan fingerprint density at radius 2 is 1.57 bits per heavy atom. The molecular formula is C30H33ClF3N3O4S. The first-order valence-corrected chi connectivity index (χ1v) is 14.8. The number of sulfonamides is 1. The molecule has 226 valence electrons. The Morgan fingerprint density at radius 3 is 2.14 bits per heavy atom. The Labute approximate surface area is 249 Å². The molecule has 0 aliphatic rings. The van der Waals surface area contributed by atoms with E-state index < -0.39 is 51.7 Å². The van der Waals surface area contributed by atoms with Gasteiger partial charge in [-0.2, -0.15) is 13.2 Å². The monoisotopic (exact) mass is 623 g/mol. The normalized spacial score (nSPS) is 12.9. The maximum absolute atomic E-state index is 13.9. The third-order valence-corrected chi connectivity index (χ3v) is 8.47. The average Bonchev–Trinajstić information content (AvgIpc) is 2.89. The van der Waals surface area contributed by atoms with Crippen molar-refractivity contribution in [1.29, 1.82) is 0 Å². The first-order valence-electron chi connectivity index (χ1n) is 13.0. The van der Waals surface area contributed by atoms with Gasteiger partial charge in [0.15, 0.2) is 0 Å². The van der Waals surface area contributed by atoms with E-state index in [-0.39, 0.29) is 17.1 Å². The number of alkyl halides is 3. The topological polar surface area (TPSA) is 86.8 Å². The van der Waals surface area contributed by atoms with Gasteiger partial charge in [0.2, 0.25) is 11.8 Å². The maximum Gasteiger partial charge on any atom is 0.416 e. The zero-order valence-corrected chi connectivity index (χ0v) is 25.4. The van der Waals surface area contributed by atoms with E-state index in [4.69, 9.17) is 11.6 Å². The van der Waals surface area contributed by atoms with Gasteiger partial charge < -0.3 is 10.2 Å². The van der Waals surface area contributed by atoms with Crippen molar-refractivity contribution >= 4 is 39.1 Å². The van der Waals surface area contributed by atoms with Crippen molar-refractivity contribution in [1.82, 2.24) is 10.2 Å². The summed E-state index contributed by atoms with van der Waals surface area (Å²) >= 11 is 6.34. The standard InChI is InChI=1S/C30H33ClF3N3O4S/c1-20-13-15-25(16-14-20)42(40,41)37(24-11-8-10-23(17-24)30(32,33)34)19-27(38)36(18-22-9-6-7-12-26(22)31)21(2)28(39)35-29(3,4)5/h6-17,21H,18-19H2,1-5H3,(H,35,39)/t21-/m1/s1. The smallest absolute Gasteiger partial charge is 0.350 e. The van der Waals surface area contributed by atoms with E-state index >= 15 is 0 Å². The number of anilines is 1. The fourth-order valence-corrected chi connectivity index (χ4v) is 5.67. The molecule has 0 radical (unpaired) electrons. The molecule has 0 aliphatic heterocycles. The number of nitrogens with one attached hydrogen (secondary N) is 1. The van der Waals surface area contributed by atoms with Crippen LogP contribution in [0.5, 0.6) is 0 Å². The van der Waals surface area contributed by atoms with Crippen molar-refractivity contribution in [2.75, 3.05) is 10.8 Å². The Morgan fingerprint density at radius 1 is 0.952 bits per heavy atom. The minimum Gasteiger partial charge on any atom is -0.350 e. The van der Waals surface area contributed by atoms with Gasteiger partial charge in [-0.1, -0.05) is 53.6 Å². The lowest BCUT2D eigenvalue weighted by molar-refractivity contribution is -0.140. The van der Waals surface area contributed by atoms with Crippen LogP contribution >= 0.6 is 11.6 Å². The number of carbonyl (C=O) groups excluding carboxylic acids is 2. The van der Waals surface area contributed by atoms with Gasteiger partial charge in [-0.05, 0) is 76.6 Å². The number of carbonyl (C=O) groups is 2. The third kappa shape index (κ3) is 8.25. The molecule has 3 aromatic rings. The number of rotatable bonds is 9. The Kier molecular flexibility index (Phi) is 10.00. The number of benzene rings is 3. The van der Waals surface area contributed by atoms with Gasteiger partial charge >= 0.3 is 6.18 Å². The number of amides is 2. The molecule has 0 heterocycles. The van der Waals surface area contributed by atoms with Gasteiger partial charge in [0.1, 0.15) is 12.6 Å². The zero-order chi connectivity index (χ0) is 31.5. The second-order valence-electron chi connectivity index (χ2n) is 10.9. The highest BCUT2D eigenvalue weighted by Crippen LogP contribution is 2.33. The van der Waals surface area contributed by atoms with Crippen LogP contribution in [0.25, 0.3) is 0 Å². The van der Waals surface area contributed by atoms with E-state index in [1.807, 2.05) is 0 Å². The summed E-state index contributed by atoms with van der Waals surface area (Å²) in [5, 5.41) is 3.12. The predicted molar refractivity (Wildman–Crippen MR) is 157 cm³/mol. The zero-order valence-electron chi connectivity index (χ0n) is 23.9. The van der Waals surface area contributed by atoms with Crippen molar-refractivity contribution in [3.63, 3.8) is 0 Å². The van der Waals surface area contributed by atoms with Crippen LogP contribution in [0.3, 0.4) is 0 Å². The SMILES string of the molecule is Cc1ccc(S(=O)(=O)N(CC(=O)N(Cc2ccccc2Cl)[C@H](C)C(=O)NC(C)(C)C)c2cccc(C(F)(F)F)c2)cc1. The van der Waals surface area contributed by atoms with Crippen molar-refractivity contribution in [2.24, 2.45) is 0 Å². The summed E-state index contributed by atoms with van der Waals surface area (Å²) in [5.74, 6) is -1.32. The maximum atomic E-state index is 13.9. The van der Waals surface area contributed by atoms with E-state index in [2.05, 4.69) is 5.32 Å². The van der Waals surface area contributed by atoms with Crippen LogP contribution in [0.15, 0.2) is 77.7 Å². The fraction of sp³-hybridized carbons (Fsp3) is 0.333. The molecule has 0 bridgehead atoms. The molecule has 1 atom stereocenters. The second-order valence-corrected chi connectivity index (χ2v) is 13.2. The Balaban J connectivity index is 2.11. The van der Waals surface area contributed by atoms with Crippen molar-refractivity contribution in [3.05, 3.63) is 94.5 Å². The molecule has 0 fully saturated rings. The first-order chi connectivity index (χ1) is 19.4. The molecule has 3 rings (SSSR count). The lowest BCUT2D eigenvalue weighted by Gasteiger charge is -2.33. The summed E-state index contributed by atoms with van der Waals surface area (Å²) in [6, 6.07) is 15.0. The van der Waals surface area contributed by atoms with Crippen LogP contribution in [-0.4, -0.2) is 43.3 Å². The van der Waals surface area contributed by atoms with Crippen LogP contribution in [0.1, 0.15) is 44.4 Å². The van der Waals surface area contributed by atoms with Crippen molar-refractivity contribution in [2.45, 2.75) is 63.8 Å². The molecule has 3 aromatic carbocycles. The van der Waals surface area contributed by atoms with Crippen LogP contribution in [-0.2, 0) is 32.3 Å². The van der Waals surface area contributed by atoms with Gasteiger partial charge in [0, 0.05) is 17.1 Å². The van der Waals surface area contributed by atoms with Crippen LogP contribution in [0.4, 0.5) is 18.9 Å². The molecule has 42 heavy (non-hydrogen) atoms. The number of hydrogen-bond acceptors (Lipinski definition) is 4. The van der Waals surface area contributed by atoms with E-state index in [1.165, 1.54) is 25.1 Å². The second kappa shape index (κ2) is 12.7. The molecule has 0 spiro atoms. The van der Waals surface area contributed by atoms with Crippen molar-refractivity contribution in [3.8, 4) is 0 Å². The first kappa shape index (κ1) is 32.9.